The van der Waals surface area contributed by atoms with Gasteiger partial charge in [0.05, 0.1) is 16.2 Å². The Labute approximate surface area is 114 Å². The van der Waals surface area contributed by atoms with Crippen LogP contribution in [0.2, 0.25) is 0 Å². The lowest BCUT2D eigenvalue weighted by Gasteiger charge is -2.14. The highest BCUT2D eigenvalue weighted by atomic mass is 79.9. The summed E-state index contributed by atoms with van der Waals surface area (Å²) in [6.45, 7) is 4.02. The predicted molar refractivity (Wildman–Crippen MR) is 75.4 cm³/mol. The second-order valence-electron chi connectivity index (χ2n) is 4.72. The van der Waals surface area contributed by atoms with Gasteiger partial charge in [0.15, 0.2) is 0 Å². The summed E-state index contributed by atoms with van der Waals surface area (Å²) in [7, 11) is 1.62. The lowest BCUT2D eigenvalue weighted by Crippen LogP contribution is -2.37. The van der Waals surface area contributed by atoms with Crippen LogP contribution >= 0.6 is 15.9 Å². The quantitative estimate of drug-likeness (QED) is 0.883. The van der Waals surface area contributed by atoms with Crippen LogP contribution in [-0.2, 0) is 11.8 Å². The molecule has 6 heteroatoms. The van der Waals surface area contributed by atoms with Gasteiger partial charge in [-0.05, 0) is 34.3 Å². The summed E-state index contributed by atoms with van der Waals surface area (Å²) in [6.07, 6.45) is 2.19. The van der Waals surface area contributed by atoms with Crippen LogP contribution in [0.15, 0.2) is 21.5 Å². The van der Waals surface area contributed by atoms with Gasteiger partial charge in [-0.3, -0.25) is 9.59 Å². The number of hydrogen-bond acceptors (Lipinski definition) is 3. The number of carbonyl (C=O) groups is 1. The molecule has 0 saturated carbocycles. The molecule has 0 unspecified atom stereocenters. The fourth-order valence-electron chi connectivity index (χ4n) is 1.59. The number of anilines is 1. The molecule has 1 aromatic rings. The molecule has 3 N–H and O–H groups in total. The van der Waals surface area contributed by atoms with Gasteiger partial charge in [-0.1, -0.05) is 13.8 Å². The first-order chi connectivity index (χ1) is 8.31. The van der Waals surface area contributed by atoms with Crippen molar-refractivity contribution in [1.29, 1.82) is 0 Å². The van der Waals surface area contributed by atoms with Crippen molar-refractivity contribution in [2.75, 3.05) is 5.32 Å². The zero-order chi connectivity index (χ0) is 13.9. The van der Waals surface area contributed by atoms with Gasteiger partial charge in [0.2, 0.25) is 5.91 Å². The summed E-state index contributed by atoms with van der Waals surface area (Å²) in [4.78, 5) is 23.3. The molecular formula is C12H18BrN3O2. The van der Waals surface area contributed by atoms with E-state index in [4.69, 9.17) is 5.73 Å². The van der Waals surface area contributed by atoms with Gasteiger partial charge in [0.1, 0.15) is 0 Å². The van der Waals surface area contributed by atoms with Gasteiger partial charge in [-0.25, -0.2) is 0 Å². The highest BCUT2D eigenvalue weighted by Crippen LogP contribution is 2.12. The van der Waals surface area contributed by atoms with Crippen LogP contribution in [0.25, 0.3) is 0 Å². The average molecular weight is 316 g/mol. The number of amides is 1. The number of pyridine rings is 1. The fraction of sp³-hybridized carbons (Fsp3) is 0.500. The Morgan fingerprint density at radius 2 is 2.17 bits per heavy atom. The van der Waals surface area contributed by atoms with Gasteiger partial charge < -0.3 is 15.6 Å². The number of halogens is 1. The summed E-state index contributed by atoms with van der Waals surface area (Å²) >= 11 is 3.15. The van der Waals surface area contributed by atoms with E-state index >= 15 is 0 Å². The van der Waals surface area contributed by atoms with Crippen LogP contribution in [0.5, 0.6) is 0 Å². The minimum Gasteiger partial charge on any atom is -0.323 e. The fourth-order valence-corrected chi connectivity index (χ4v) is 2.12. The van der Waals surface area contributed by atoms with E-state index in [0.29, 0.717) is 22.5 Å². The highest BCUT2D eigenvalue weighted by Gasteiger charge is 2.15. The number of hydrogen-bond donors (Lipinski definition) is 2. The number of nitrogens with zero attached hydrogens (tertiary/aromatic N) is 1. The largest absolute Gasteiger partial charge is 0.323 e. The number of aryl methyl sites for hydroxylation is 1. The molecule has 1 atom stereocenters. The SMILES string of the molecule is CC(C)C[C@H](N)C(=O)Nc1cc(Br)c(=O)n(C)c1. The van der Waals surface area contributed by atoms with Crippen LogP contribution in [0.3, 0.4) is 0 Å². The number of nitrogens with one attached hydrogen (secondary N) is 1. The molecule has 5 nitrogen and oxygen atoms in total. The lowest BCUT2D eigenvalue weighted by molar-refractivity contribution is -0.117. The first-order valence-corrected chi connectivity index (χ1v) is 6.53. The maximum atomic E-state index is 11.8. The molecule has 18 heavy (non-hydrogen) atoms. The second-order valence-corrected chi connectivity index (χ2v) is 5.57. The third kappa shape index (κ3) is 3.96. The monoisotopic (exact) mass is 315 g/mol. The van der Waals surface area contributed by atoms with E-state index in [-0.39, 0.29) is 11.5 Å². The van der Waals surface area contributed by atoms with Gasteiger partial charge in [0.25, 0.3) is 5.56 Å². The number of carbonyl (C=O) groups excluding carboxylic acids is 1. The second kappa shape index (κ2) is 6.15. The minimum absolute atomic E-state index is 0.153. The van der Waals surface area contributed by atoms with Crippen LogP contribution in [0.1, 0.15) is 20.3 Å². The summed E-state index contributed by atoms with van der Waals surface area (Å²) in [5.74, 6) is 0.117. The van der Waals surface area contributed by atoms with Crippen molar-refractivity contribution in [3.63, 3.8) is 0 Å². The molecule has 0 bridgehead atoms. The summed E-state index contributed by atoms with van der Waals surface area (Å²) < 4.78 is 1.80. The minimum atomic E-state index is -0.541. The number of rotatable bonds is 4. The van der Waals surface area contributed by atoms with Crippen LogP contribution in [0.4, 0.5) is 5.69 Å². The van der Waals surface area contributed by atoms with Crippen LogP contribution in [-0.4, -0.2) is 16.5 Å². The summed E-state index contributed by atoms with van der Waals surface area (Å²) in [5, 5.41) is 2.70. The van der Waals surface area contributed by atoms with E-state index in [1.807, 2.05) is 13.8 Å². The van der Waals surface area contributed by atoms with Gasteiger partial charge in [0, 0.05) is 13.2 Å². The zero-order valence-corrected chi connectivity index (χ0v) is 12.3. The molecule has 0 saturated heterocycles. The standard InChI is InChI=1S/C12H18BrN3O2/c1-7(2)4-10(14)11(17)15-8-5-9(13)12(18)16(3)6-8/h5-7,10H,4,14H2,1-3H3,(H,15,17)/t10-/m0/s1. The van der Waals surface area contributed by atoms with E-state index < -0.39 is 6.04 Å². The molecular weight excluding hydrogens is 298 g/mol. The summed E-state index contributed by atoms with van der Waals surface area (Å²) in [6, 6.07) is 1.03. The Morgan fingerprint density at radius 1 is 1.56 bits per heavy atom. The third-order valence-electron chi connectivity index (χ3n) is 2.47. The third-order valence-corrected chi connectivity index (χ3v) is 3.04. The normalized spacial score (nSPS) is 12.6. The van der Waals surface area contributed by atoms with E-state index in [1.165, 1.54) is 4.57 Å². The topological polar surface area (TPSA) is 77.1 Å². The van der Waals surface area contributed by atoms with Crippen LogP contribution < -0.4 is 16.6 Å². The van der Waals surface area contributed by atoms with Crippen molar-refractivity contribution < 1.29 is 4.79 Å². The molecule has 0 spiro atoms. The Kier molecular flexibility index (Phi) is 5.10. The Bertz CT molecular complexity index is 470. The van der Waals surface area contributed by atoms with E-state index in [0.717, 1.165) is 0 Å². The van der Waals surface area contributed by atoms with Crippen molar-refractivity contribution in [3.05, 3.63) is 27.1 Å². The molecule has 0 radical (unpaired) electrons. The smallest absolute Gasteiger partial charge is 0.264 e. The molecule has 0 aliphatic carbocycles. The molecule has 0 aliphatic heterocycles. The first kappa shape index (κ1) is 14.9. The molecule has 1 heterocycles. The molecule has 0 aliphatic rings. The summed E-state index contributed by atoms with van der Waals surface area (Å²) in [5.41, 5.74) is 6.18. The maximum absolute atomic E-state index is 11.8. The molecule has 0 aromatic carbocycles. The molecule has 1 amide bonds. The van der Waals surface area contributed by atoms with Gasteiger partial charge in [-0.2, -0.15) is 0 Å². The van der Waals surface area contributed by atoms with Gasteiger partial charge in [-0.15, -0.1) is 0 Å². The first-order valence-electron chi connectivity index (χ1n) is 5.74. The predicted octanol–water partition coefficient (Wildman–Crippen LogP) is 1.46. The highest BCUT2D eigenvalue weighted by molar-refractivity contribution is 9.10. The van der Waals surface area contributed by atoms with Crippen molar-refractivity contribution in [2.45, 2.75) is 26.3 Å². The molecule has 100 valence electrons. The zero-order valence-electron chi connectivity index (χ0n) is 10.7. The average Bonchev–Trinajstić information content (AvgIpc) is 2.24. The Balaban J connectivity index is 2.79. The van der Waals surface area contributed by atoms with E-state index in [1.54, 1.807) is 19.3 Å². The van der Waals surface area contributed by atoms with Crippen molar-refractivity contribution in [3.8, 4) is 0 Å². The van der Waals surface area contributed by atoms with Crippen molar-refractivity contribution >= 4 is 27.5 Å². The van der Waals surface area contributed by atoms with Crippen LogP contribution in [0, 0.1) is 5.92 Å². The lowest BCUT2D eigenvalue weighted by atomic mass is 10.0. The molecule has 1 rings (SSSR count). The van der Waals surface area contributed by atoms with E-state index in [9.17, 15) is 9.59 Å². The van der Waals surface area contributed by atoms with Crippen molar-refractivity contribution in [2.24, 2.45) is 18.7 Å². The van der Waals surface area contributed by atoms with E-state index in [2.05, 4.69) is 21.2 Å². The number of nitrogens with two attached hydrogens (primary N) is 1. The maximum Gasteiger partial charge on any atom is 0.264 e. The molecule has 1 aromatic heterocycles. The Morgan fingerprint density at radius 3 is 2.67 bits per heavy atom. The Hall–Kier alpha value is -1.14. The van der Waals surface area contributed by atoms with Gasteiger partial charge >= 0.3 is 0 Å². The molecule has 0 fully saturated rings. The number of aromatic nitrogens is 1. The van der Waals surface area contributed by atoms with Crippen molar-refractivity contribution in [1.82, 2.24) is 4.57 Å².